The fourth-order valence-corrected chi connectivity index (χ4v) is 3.15. The van der Waals surface area contributed by atoms with Gasteiger partial charge in [0, 0.05) is 47.8 Å². The molecule has 0 unspecified atom stereocenters. The maximum absolute atomic E-state index is 13.0. The summed E-state index contributed by atoms with van der Waals surface area (Å²) in [5.41, 5.74) is 4.11. The lowest BCUT2D eigenvalue weighted by atomic mass is 10.1. The number of fused-ring (bicyclic) bond motifs is 1. The topological polar surface area (TPSA) is 108 Å². The van der Waals surface area contributed by atoms with Crippen LogP contribution < -0.4 is 5.32 Å². The van der Waals surface area contributed by atoms with Crippen molar-refractivity contribution < 1.29 is 8.78 Å². The molecule has 30 heavy (non-hydrogen) atoms. The van der Waals surface area contributed by atoms with Gasteiger partial charge in [-0.1, -0.05) is 0 Å². The Balaban J connectivity index is 1.78. The maximum Gasteiger partial charge on any atom is 0.257 e. The van der Waals surface area contributed by atoms with E-state index in [1.165, 1.54) is 4.68 Å². The van der Waals surface area contributed by atoms with Crippen molar-refractivity contribution in [2.75, 3.05) is 11.9 Å². The Kier molecular flexibility index (Phi) is 5.34. The molecule has 0 bridgehead atoms. The SMILES string of the molecule is Cc1c[nH]c2ncc(-c3nn(CC(F)F)cc3-c3ccnc(NCCC#N)n3)cc12. The Bertz CT molecular complexity index is 1220. The Morgan fingerprint density at radius 1 is 1.33 bits per heavy atom. The highest BCUT2D eigenvalue weighted by atomic mass is 19.3. The van der Waals surface area contributed by atoms with E-state index in [4.69, 9.17) is 5.26 Å². The van der Waals surface area contributed by atoms with Crippen LogP contribution >= 0.6 is 0 Å². The largest absolute Gasteiger partial charge is 0.353 e. The number of anilines is 1. The van der Waals surface area contributed by atoms with Crippen LogP contribution in [-0.4, -0.2) is 42.7 Å². The number of H-pyrrole nitrogens is 1. The monoisotopic (exact) mass is 408 g/mol. The summed E-state index contributed by atoms with van der Waals surface area (Å²) in [5, 5.41) is 17.0. The molecule has 152 valence electrons. The first kappa shape index (κ1) is 19.4. The van der Waals surface area contributed by atoms with Gasteiger partial charge >= 0.3 is 0 Å². The van der Waals surface area contributed by atoms with Gasteiger partial charge in [-0.3, -0.25) is 4.68 Å². The number of hydrogen-bond donors (Lipinski definition) is 2. The summed E-state index contributed by atoms with van der Waals surface area (Å²) < 4.78 is 27.2. The highest BCUT2D eigenvalue weighted by Gasteiger charge is 2.18. The average Bonchev–Trinajstić information content (AvgIpc) is 3.31. The molecule has 0 aliphatic heterocycles. The number of pyridine rings is 1. The number of aromatic nitrogens is 6. The van der Waals surface area contributed by atoms with E-state index in [1.54, 1.807) is 24.7 Å². The van der Waals surface area contributed by atoms with Crippen molar-refractivity contribution in [1.82, 2.24) is 29.7 Å². The van der Waals surface area contributed by atoms with E-state index in [2.05, 4.69) is 30.4 Å². The normalized spacial score (nSPS) is 11.2. The Hall–Kier alpha value is -3.87. The molecule has 0 saturated carbocycles. The van der Waals surface area contributed by atoms with Gasteiger partial charge in [0.25, 0.3) is 6.43 Å². The van der Waals surface area contributed by atoms with Crippen molar-refractivity contribution in [3.8, 4) is 28.6 Å². The lowest BCUT2D eigenvalue weighted by Crippen LogP contribution is -2.06. The van der Waals surface area contributed by atoms with Crippen molar-refractivity contribution in [2.24, 2.45) is 0 Å². The van der Waals surface area contributed by atoms with E-state index >= 15 is 0 Å². The van der Waals surface area contributed by atoms with Crippen LogP contribution in [0.4, 0.5) is 14.7 Å². The van der Waals surface area contributed by atoms with Crippen LogP contribution in [-0.2, 0) is 6.54 Å². The smallest absolute Gasteiger partial charge is 0.257 e. The Morgan fingerprint density at radius 3 is 3.00 bits per heavy atom. The van der Waals surface area contributed by atoms with Crippen molar-refractivity contribution in [3.63, 3.8) is 0 Å². The van der Waals surface area contributed by atoms with Crippen LogP contribution in [0.5, 0.6) is 0 Å². The quantitative estimate of drug-likeness (QED) is 0.451. The number of aromatic amines is 1. The third kappa shape index (κ3) is 3.96. The van der Waals surface area contributed by atoms with E-state index in [1.807, 2.05) is 25.3 Å². The van der Waals surface area contributed by atoms with Gasteiger partial charge in [0.2, 0.25) is 5.95 Å². The molecule has 8 nitrogen and oxygen atoms in total. The summed E-state index contributed by atoms with van der Waals surface area (Å²) in [6.07, 6.45) is 4.42. The first-order valence-corrected chi connectivity index (χ1v) is 9.29. The molecule has 2 N–H and O–H groups in total. The average molecular weight is 408 g/mol. The van der Waals surface area contributed by atoms with Crippen molar-refractivity contribution in [1.29, 1.82) is 5.26 Å². The standard InChI is InChI=1S/C20H18F2N8/c1-12-8-26-19-14(12)7-13(9-27-19)18-15(10-30(29-18)11-17(21)22)16-3-6-25-20(28-16)24-5-2-4-23/h3,6-10,17H,2,5,11H2,1H3,(H,26,27)(H,24,25,28). The van der Waals surface area contributed by atoms with E-state index in [-0.39, 0.29) is 0 Å². The van der Waals surface area contributed by atoms with Gasteiger partial charge in [-0.2, -0.15) is 10.4 Å². The minimum atomic E-state index is -2.54. The molecule has 4 heterocycles. The van der Waals surface area contributed by atoms with Gasteiger partial charge in [-0.05, 0) is 24.6 Å². The predicted molar refractivity (Wildman–Crippen MR) is 108 cm³/mol. The number of hydrogen-bond acceptors (Lipinski definition) is 6. The first-order valence-electron chi connectivity index (χ1n) is 9.29. The molecule has 0 aromatic carbocycles. The third-order valence-electron chi connectivity index (χ3n) is 4.55. The van der Waals surface area contributed by atoms with Gasteiger partial charge in [-0.25, -0.2) is 23.7 Å². The number of nitrogens with zero attached hydrogens (tertiary/aromatic N) is 6. The summed E-state index contributed by atoms with van der Waals surface area (Å²) in [4.78, 5) is 16.1. The van der Waals surface area contributed by atoms with Crippen LogP contribution in [0.15, 0.2) is 36.9 Å². The number of nitriles is 1. The van der Waals surface area contributed by atoms with E-state index in [0.717, 1.165) is 16.6 Å². The molecule has 4 aromatic heterocycles. The van der Waals surface area contributed by atoms with Crippen molar-refractivity contribution in [2.45, 2.75) is 26.3 Å². The Labute approximate surface area is 170 Å². The lowest BCUT2D eigenvalue weighted by Gasteiger charge is -2.06. The van der Waals surface area contributed by atoms with Crippen LogP contribution in [0.1, 0.15) is 12.0 Å². The molecule has 0 amide bonds. The minimum absolute atomic E-state index is 0.312. The lowest BCUT2D eigenvalue weighted by molar-refractivity contribution is 0.122. The molecular weight excluding hydrogens is 390 g/mol. The van der Waals surface area contributed by atoms with Crippen LogP contribution in [0.25, 0.3) is 33.5 Å². The van der Waals surface area contributed by atoms with E-state index in [9.17, 15) is 8.78 Å². The summed E-state index contributed by atoms with van der Waals surface area (Å²) in [6, 6.07) is 5.66. The van der Waals surface area contributed by atoms with Crippen LogP contribution in [0, 0.1) is 18.3 Å². The number of rotatable bonds is 7. The predicted octanol–water partition coefficient (Wildman–Crippen LogP) is 3.78. The number of aryl methyl sites for hydroxylation is 1. The number of nitrogens with one attached hydrogen (secondary N) is 2. The van der Waals surface area contributed by atoms with Gasteiger partial charge in [0.1, 0.15) is 17.9 Å². The zero-order valence-corrected chi connectivity index (χ0v) is 16.1. The van der Waals surface area contributed by atoms with Crippen molar-refractivity contribution >= 4 is 17.0 Å². The van der Waals surface area contributed by atoms with Crippen molar-refractivity contribution in [3.05, 3.63) is 42.5 Å². The summed E-state index contributed by atoms with van der Waals surface area (Å²) in [6.45, 7) is 1.85. The molecule has 0 aliphatic rings. The third-order valence-corrected chi connectivity index (χ3v) is 4.55. The fraction of sp³-hybridized carbons (Fsp3) is 0.250. The maximum atomic E-state index is 13.0. The second-order valence-electron chi connectivity index (χ2n) is 6.70. The van der Waals surface area contributed by atoms with Crippen LogP contribution in [0.2, 0.25) is 0 Å². The Morgan fingerprint density at radius 2 is 2.20 bits per heavy atom. The number of alkyl halides is 2. The zero-order chi connectivity index (χ0) is 21.1. The van der Waals surface area contributed by atoms with E-state index in [0.29, 0.717) is 41.4 Å². The second kappa shape index (κ2) is 8.24. The van der Waals surface area contributed by atoms with E-state index < -0.39 is 13.0 Å². The van der Waals surface area contributed by atoms with Gasteiger partial charge in [-0.15, -0.1) is 0 Å². The molecule has 0 radical (unpaired) electrons. The minimum Gasteiger partial charge on any atom is -0.353 e. The molecule has 0 fully saturated rings. The van der Waals surface area contributed by atoms with Crippen LogP contribution in [0.3, 0.4) is 0 Å². The second-order valence-corrected chi connectivity index (χ2v) is 6.70. The molecule has 10 heteroatoms. The molecule has 4 aromatic rings. The highest BCUT2D eigenvalue weighted by Crippen LogP contribution is 2.32. The zero-order valence-electron chi connectivity index (χ0n) is 16.1. The summed E-state index contributed by atoms with van der Waals surface area (Å²) >= 11 is 0. The fourth-order valence-electron chi connectivity index (χ4n) is 3.15. The molecule has 4 rings (SSSR count). The molecule has 0 spiro atoms. The molecular formula is C20H18F2N8. The molecule has 0 atom stereocenters. The van der Waals surface area contributed by atoms with Gasteiger partial charge in [0.05, 0.1) is 18.2 Å². The highest BCUT2D eigenvalue weighted by molar-refractivity contribution is 5.87. The summed E-state index contributed by atoms with van der Waals surface area (Å²) in [7, 11) is 0. The molecule has 0 saturated heterocycles. The van der Waals surface area contributed by atoms with Gasteiger partial charge < -0.3 is 10.3 Å². The first-order chi connectivity index (χ1) is 14.5. The molecule has 0 aliphatic carbocycles. The van der Waals surface area contributed by atoms with Gasteiger partial charge in [0.15, 0.2) is 0 Å². The summed E-state index contributed by atoms with van der Waals surface area (Å²) in [5.74, 6) is 0.352. The number of halogens is 2.